The van der Waals surface area contributed by atoms with E-state index in [-0.39, 0.29) is 58.5 Å². The fourth-order valence-corrected chi connectivity index (χ4v) is 4.73. The zero-order valence-electron chi connectivity index (χ0n) is 22.5. The minimum atomic E-state index is -4.55. The van der Waals surface area contributed by atoms with Crippen LogP contribution in [0.4, 0.5) is 13.2 Å². The molecule has 0 amide bonds. The van der Waals surface area contributed by atoms with Crippen LogP contribution in [0.3, 0.4) is 0 Å². The Morgan fingerprint density at radius 3 is 2.48 bits per heavy atom. The molecule has 0 saturated carbocycles. The van der Waals surface area contributed by atoms with Gasteiger partial charge in [0.1, 0.15) is 13.2 Å². The monoisotopic (exact) mass is 613 g/mol. The van der Waals surface area contributed by atoms with Gasteiger partial charge >= 0.3 is 12.1 Å². The molecule has 4 rings (SSSR count). The van der Waals surface area contributed by atoms with Crippen LogP contribution in [0.1, 0.15) is 25.2 Å². The summed E-state index contributed by atoms with van der Waals surface area (Å²) in [5, 5.41) is 4.90. The second kappa shape index (κ2) is 11.5. The molecule has 1 unspecified atom stereocenters. The quantitative estimate of drug-likeness (QED) is 0.150. The summed E-state index contributed by atoms with van der Waals surface area (Å²) in [6.45, 7) is 10.3. The van der Waals surface area contributed by atoms with E-state index in [1.807, 2.05) is 6.92 Å². The Kier molecular flexibility index (Phi) is 8.64. The van der Waals surface area contributed by atoms with Gasteiger partial charge in [-0.2, -0.15) is 13.2 Å². The van der Waals surface area contributed by atoms with E-state index in [0.29, 0.717) is 11.2 Å². The van der Waals surface area contributed by atoms with Crippen LogP contribution in [0.15, 0.2) is 36.4 Å². The Bertz CT molecular complexity index is 1550. The van der Waals surface area contributed by atoms with Crippen molar-refractivity contribution in [3.05, 3.63) is 57.8 Å². The fraction of sp³-hybridized carbons (Fsp3) is 0.385. The topological polar surface area (TPSA) is 84.1 Å². The van der Waals surface area contributed by atoms with Gasteiger partial charge in [0.15, 0.2) is 17.5 Å². The van der Waals surface area contributed by atoms with Crippen molar-refractivity contribution in [2.45, 2.75) is 58.5 Å². The number of fused-ring (bicyclic) bond motifs is 1. The van der Waals surface area contributed by atoms with Crippen LogP contribution in [0.5, 0.6) is 0 Å². The van der Waals surface area contributed by atoms with E-state index in [4.69, 9.17) is 32.7 Å². The summed E-state index contributed by atoms with van der Waals surface area (Å²) in [6.07, 6.45) is -4.80. The lowest BCUT2D eigenvalue weighted by Gasteiger charge is -2.26. The molecule has 0 aliphatic carbocycles. The first kappa shape index (κ1) is 30.0. The molecule has 1 atom stereocenters. The van der Waals surface area contributed by atoms with Gasteiger partial charge in [-0.3, -0.25) is 9.36 Å². The lowest BCUT2D eigenvalue weighted by Crippen LogP contribution is -2.38. The highest BCUT2D eigenvalue weighted by Crippen LogP contribution is 2.35. The number of imidazole rings is 1. The van der Waals surface area contributed by atoms with Gasteiger partial charge in [0.25, 0.3) is 0 Å². The van der Waals surface area contributed by atoms with Gasteiger partial charge in [-0.25, -0.2) is 14.6 Å². The largest absolute Gasteiger partial charge is 0.466 e. The average molecular weight is 615 g/mol. The van der Waals surface area contributed by atoms with Crippen molar-refractivity contribution in [1.82, 2.24) is 24.3 Å². The zero-order valence-corrected chi connectivity index (χ0v) is 25.0. The number of carbonyl (C=O) groups is 1. The molecule has 214 valence electrons. The maximum atomic E-state index is 13.5. The number of benzene rings is 2. The molecule has 0 N–H and O–H groups in total. The standard InChI is InChI=1S/C26H28Cl2F3N5O3Si/c1-6-38-22(37)13-21-33-25(36(34-21)20-9-7-8-17(27)23(20)28)24-32-18-12-16(26(29,30)31)10-11-19(18)35(24)14-39-15(2)40(3,4)5/h7-12,15H,6,13-14H2,1-5H3. The van der Waals surface area contributed by atoms with Crippen molar-refractivity contribution in [2.75, 3.05) is 6.61 Å². The van der Waals surface area contributed by atoms with Crippen LogP contribution in [0.2, 0.25) is 29.7 Å². The first-order valence-electron chi connectivity index (χ1n) is 12.5. The molecule has 2 aromatic heterocycles. The van der Waals surface area contributed by atoms with E-state index < -0.39 is 25.8 Å². The molecular weight excluding hydrogens is 586 g/mol. The van der Waals surface area contributed by atoms with Crippen molar-refractivity contribution < 1.29 is 27.4 Å². The second-order valence-corrected chi connectivity index (χ2v) is 16.5. The van der Waals surface area contributed by atoms with Crippen molar-refractivity contribution in [2.24, 2.45) is 0 Å². The summed E-state index contributed by atoms with van der Waals surface area (Å²) >= 11 is 12.8. The van der Waals surface area contributed by atoms with Gasteiger partial charge in [0, 0.05) is 5.73 Å². The van der Waals surface area contributed by atoms with Gasteiger partial charge in [0.05, 0.1) is 47.0 Å². The molecule has 0 spiro atoms. The number of halogens is 5. The maximum Gasteiger partial charge on any atom is 0.416 e. The number of nitrogens with zero attached hydrogens (tertiary/aromatic N) is 5. The van der Waals surface area contributed by atoms with Gasteiger partial charge in [-0.15, -0.1) is 5.10 Å². The molecule has 2 aromatic carbocycles. The van der Waals surface area contributed by atoms with E-state index in [0.717, 1.165) is 12.1 Å². The molecule has 40 heavy (non-hydrogen) atoms. The predicted octanol–water partition coefficient (Wildman–Crippen LogP) is 6.96. The van der Waals surface area contributed by atoms with Crippen molar-refractivity contribution in [3.8, 4) is 17.3 Å². The van der Waals surface area contributed by atoms with E-state index >= 15 is 0 Å². The predicted molar refractivity (Wildman–Crippen MR) is 149 cm³/mol. The van der Waals surface area contributed by atoms with E-state index in [1.54, 1.807) is 29.7 Å². The number of rotatable bonds is 9. The fourth-order valence-electron chi connectivity index (χ4n) is 3.78. The molecule has 0 aliphatic rings. The molecule has 4 aromatic rings. The van der Waals surface area contributed by atoms with Crippen molar-refractivity contribution in [3.63, 3.8) is 0 Å². The van der Waals surface area contributed by atoms with Crippen LogP contribution < -0.4 is 0 Å². The average Bonchev–Trinajstić information content (AvgIpc) is 3.43. The van der Waals surface area contributed by atoms with Gasteiger partial charge < -0.3 is 9.47 Å². The van der Waals surface area contributed by atoms with E-state index in [2.05, 4.69) is 34.7 Å². The summed E-state index contributed by atoms with van der Waals surface area (Å²) in [7, 11) is -1.71. The Labute approximate surface area is 240 Å². The summed E-state index contributed by atoms with van der Waals surface area (Å²) in [6, 6.07) is 8.24. The molecule has 8 nitrogen and oxygen atoms in total. The molecule has 0 radical (unpaired) electrons. The molecule has 14 heteroatoms. The molecule has 0 aliphatic heterocycles. The summed E-state index contributed by atoms with van der Waals surface area (Å²) in [4.78, 5) is 21.3. The van der Waals surface area contributed by atoms with Crippen LogP contribution in [-0.4, -0.2) is 50.7 Å². The van der Waals surface area contributed by atoms with Gasteiger partial charge in [-0.05, 0) is 44.2 Å². The van der Waals surface area contributed by atoms with Crippen LogP contribution >= 0.6 is 23.2 Å². The molecular formula is C26H28Cl2F3N5O3Si. The number of hydrogen-bond donors (Lipinski definition) is 0. The Morgan fingerprint density at radius 2 is 1.82 bits per heavy atom. The number of esters is 1. The number of alkyl halides is 3. The smallest absolute Gasteiger partial charge is 0.416 e. The highest BCUT2D eigenvalue weighted by atomic mass is 35.5. The lowest BCUT2D eigenvalue weighted by molar-refractivity contribution is -0.142. The minimum Gasteiger partial charge on any atom is -0.466 e. The lowest BCUT2D eigenvalue weighted by atomic mass is 10.2. The Balaban J connectivity index is 1.94. The second-order valence-electron chi connectivity index (χ2n) is 10.2. The number of carbonyl (C=O) groups excluding carboxylic acids is 1. The number of ether oxygens (including phenoxy) is 2. The number of aromatic nitrogens is 5. The third kappa shape index (κ3) is 6.35. The molecule has 2 heterocycles. The maximum absolute atomic E-state index is 13.5. The van der Waals surface area contributed by atoms with Crippen LogP contribution in [0, 0.1) is 0 Å². The van der Waals surface area contributed by atoms with Gasteiger partial charge in [0.2, 0.25) is 0 Å². The first-order chi connectivity index (χ1) is 18.7. The highest BCUT2D eigenvalue weighted by molar-refractivity contribution is 6.77. The molecule has 0 bridgehead atoms. The first-order valence-corrected chi connectivity index (χ1v) is 16.8. The van der Waals surface area contributed by atoms with Crippen LogP contribution in [-0.2, 0) is 33.6 Å². The summed E-state index contributed by atoms with van der Waals surface area (Å²) in [5.74, 6) is -0.122. The van der Waals surface area contributed by atoms with Crippen molar-refractivity contribution >= 4 is 48.3 Å². The van der Waals surface area contributed by atoms with Crippen LogP contribution in [0.25, 0.3) is 28.4 Å². The SMILES string of the molecule is CCOC(=O)Cc1nc(-c2nc3cc(C(F)(F)F)ccc3n2COC(C)[Si](C)(C)C)n(-c2cccc(Cl)c2Cl)n1. The zero-order chi connectivity index (χ0) is 29.4. The third-order valence-corrected chi connectivity index (χ3v) is 9.78. The molecule has 0 saturated heterocycles. The Morgan fingerprint density at radius 1 is 1.10 bits per heavy atom. The van der Waals surface area contributed by atoms with Crippen molar-refractivity contribution in [1.29, 1.82) is 0 Å². The van der Waals surface area contributed by atoms with Gasteiger partial charge in [-0.1, -0.05) is 48.9 Å². The summed E-state index contributed by atoms with van der Waals surface area (Å²) in [5.41, 5.74) is -0.0724. The minimum absolute atomic E-state index is 0.00795. The highest BCUT2D eigenvalue weighted by Gasteiger charge is 2.32. The summed E-state index contributed by atoms with van der Waals surface area (Å²) < 4.78 is 54.8. The number of hydrogen-bond acceptors (Lipinski definition) is 6. The molecule has 0 fully saturated rings. The van der Waals surface area contributed by atoms with E-state index in [1.165, 1.54) is 10.7 Å². The normalized spacial score (nSPS) is 13.2. The van der Waals surface area contributed by atoms with E-state index in [9.17, 15) is 18.0 Å². The third-order valence-electron chi connectivity index (χ3n) is 6.37. The Hall–Kier alpha value is -2.93.